The van der Waals surface area contributed by atoms with E-state index in [0.29, 0.717) is 43.2 Å². The van der Waals surface area contributed by atoms with E-state index in [4.69, 9.17) is 19.1 Å². The summed E-state index contributed by atoms with van der Waals surface area (Å²) in [5.74, 6) is 0.721. The molecule has 0 aliphatic carbocycles. The topological polar surface area (TPSA) is 124 Å². The van der Waals surface area contributed by atoms with E-state index in [9.17, 15) is 4.79 Å². The quantitative estimate of drug-likeness (QED) is 0.858. The van der Waals surface area contributed by atoms with Crippen LogP contribution in [0, 0.1) is 0 Å². The number of carboxylic acid groups (broad SMARTS) is 1. The van der Waals surface area contributed by atoms with Crippen molar-refractivity contribution in [2.75, 3.05) is 20.2 Å². The van der Waals surface area contributed by atoms with Gasteiger partial charge in [-0.05, 0) is 12.8 Å². The second-order valence-electron chi connectivity index (χ2n) is 5.25. The zero-order valence-electron chi connectivity index (χ0n) is 13.1. The average Bonchev–Trinajstić information content (AvgIpc) is 3.09. The van der Waals surface area contributed by atoms with Gasteiger partial charge in [0.25, 0.3) is 5.89 Å². The van der Waals surface area contributed by atoms with Gasteiger partial charge in [0.1, 0.15) is 6.61 Å². The number of aromatic nitrogens is 4. The third kappa shape index (κ3) is 3.77. The van der Waals surface area contributed by atoms with Crippen LogP contribution in [0.15, 0.2) is 16.9 Å². The first-order valence-electron chi connectivity index (χ1n) is 7.44. The molecule has 1 aliphatic heterocycles. The van der Waals surface area contributed by atoms with Crippen molar-refractivity contribution >= 4 is 6.09 Å². The Labute approximate surface area is 137 Å². The predicted molar refractivity (Wildman–Crippen MR) is 79.3 cm³/mol. The molecule has 2 aromatic heterocycles. The fourth-order valence-corrected chi connectivity index (χ4v) is 2.37. The molecule has 0 aromatic carbocycles. The molecule has 1 amide bonds. The molecule has 10 nitrogen and oxygen atoms in total. The van der Waals surface area contributed by atoms with Crippen LogP contribution in [0.5, 0.6) is 6.01 Å². The molecule has 0 bridgehead atoms. The van der Waals surface area contributed by atoms with Crippen molar-refractivity contribution in [3.05, 3.63) is 18.3 Å². The van der Waals surface area contributed by atoms with Crippen LogP contribution in [0.1, 0.15) is 18.7 Å². The number of hydrogen-bond acceptors (Lipinski definition) is 8. The maximum absolute atomic E-state index is 10.9. The Morgan fingerprint density at radius 2 is 2.08 bits per heavy atom. The normalized spacial score (nSPS) is 15.5. The minimum Gasteiger partial charge on any atom is -0.467 e. The Balaban J connectivity index is 1.52. The number of amides is 1. The Morgan fingerprint density at radius 1 is 1.38 bits per heavy atom. The number of carbonyl (C=O) groups is 1. The molecule has 0 saturated carbocycles. The number of ether oxygens (including phenoxy) is 2. The lowest BCUT2D eigenvalue weighted by molar-refractivity contribution is -0.00953. The molecule has 3 heterocycles. The molecule has 0 unspecified atom stereocenters. The number of hydrogen-bond donors (Lipinski definition) is 1. The van der Waals surface area contributed by atoms with Crippen LogP contribution in [0.4, 0.5) is 4.79 Å². The van der Waals surface area contributed by atoms with Crippen LogP contribution in [-0.4, -0.2) is 62.5 Å². The smallest absolute Gasteiger partial charge is 0.407 e. The van der Waals surface area contributed by atoms with E-state index in [0.717, 1.165) is 0 Å². The molecule has 0 spiro atoms. The second kappa shape index (κ2) is 7.21. The summed E-state index contributed by atoms with van der Waals surface area (Å²) >= 11 is 0. The van der Waals surface area contributed by atoms with Gasteiger partial charge in [-0.1, -0.05) is 5.16 Å². The molecule has 24 heavy (non-hydrogen) atoms. The van der Waals surface area contributed by atoms with E-state index >= 15 is 0 Å². The minimum atomic E-state index is -0.892. The van der Waals surface area contributed by atoms with Gasteiger partial charge in [0, 0.05) is 25.5 Å². The number of rotatable bonds is 5. The second-order valence-corrected chi connectivity index (χ2v) is 5.25. The molecule has 1 saturated heterocycles. The van der Waals surface area contributed by atoms with Crippen molar-refractivity contribution in [3.63, 3.8) is 0 Å². The lowest BCUT2D eigenvalue weighted by Crippen LogP contribution is -2.40. The van der Waals surface area contributed by atoms with Crippen molar-refractivity contribution in [1.82, 2.24) is 25.0 Å². The van der Waals surface area contributed by atoms with Crippen LogP contribution in [0.2, 0.25) is 0 Å². The molecule has 0 atom stereocenters. The molecule has 10 heteroatoms. The summed E-state index contributed by atoms with van der Waals surface area (Å²) in [5.41, 5.74) is 0.612. The van der Waals surface area contributed by atoms with Gasteiger partial charge < -0.3 is 24.0 Å². The van der Waals surface area contributed by atoms with Gasteiger partial charge in [0.05, 0.1) is 18.8 Å². The first kappa shape index (κ1) is 16.1. The van der Waals surface area contributed by atoms with Crippen molar-refractivity contribution in [1.29, 1.82) is 0 Å². The van der Waals surface area contributed by atoms with Crippen LogP contribution in [0.3, 0.4) is 0 Å². The summed E-state index contributed by atoms with van der Waals surface area (Å²) in [6.07, 6.45) is 3.49. The van der Waals surface area contributed by atoms with Gasteiger partial charge in [0.15, 0.2) is 0 Å². The third-order valence-electron chi connectivity index (χ3n) is 3.69. The monoisotopic (exact) mass is 335 g/mol. The summed E-state index contributed by atoms with van der Waals surface area (Å²) in [6, 6.07) is 0.263. The first-order valence-corrected chi connectivity index (χ1v) is 7.44. The Hall–Kier alpha value is -2.75. The van der Waals surface area contributed by atoms with Gasteiger partial charge >= 0.3 is 12.1 Å². The lowest BCUT2D eigenvalue weighted by Gasteiger charge is -2.29. The Morgan fingerprint density at radius 3 is 2.71 bits per heavy atom. The molecular weight excluding hydrogens is 318 g/mol. The summed E-state index contributed by atoms with van der Waals surface area (Å²) in [6.45, 7) is 1.12. The fourth-order valence-electron chi connectivity index (χ4n) is 2.37. The number of nitrogens with zero attached hydrogens (tertiary/aromatic N) is 5. The van der Waals surface area contributed by atoms with Gasteiger partial charge in [-0.25, -0.2) is 14.8 Å². The summed E-state index contributed by atoms with van der Waals surface area (Å²) < 4.78 is 15.8. The highest BCUT2D eigenvalue weighted by Crippen LogP contribution is 2.18. The standard InChI is InChI=1S/C14H17N5O5/c1-22-13-15-6-9(7-16-13)12-17-11(24-18-12)8-23-10-2-4-19(5-3-10)14(20)21/h6-7,10H,2-5,8H2,1H3,(H,20,21). The zero-order valence-corrected chi connectivity index (χ0v) is 13.1. The van der Waals surface area contributed by atoms with Crippen LogP contribution < -0.4 is 4.74 Å². The van der Waals surface area contributed by atoms with Crippen LogP contribution in [0.25, 0.3) is 11.4 Å². The Kier molecular flexibility index (Phi) is 4.85. The maximum atomic E-state index is 10.9. The van der Waals surface area contributed by atoms with Crippen LogP contribution in [-0.2, 0) is 11.3 Å². The van der Waals surface area contributed by atoms with Crippen molar-refractivity contribution < 1.29 is 23.9 Å². The molecule has 1 fully saturated rings. The molecule has 3 rings (SSSR count). The predicted octanol–water partition coefficient (Wildman–Crippen LogP) is 1.19. The lowest BCUT2D eigenvalue weighted by atomic mass is 10.1. The SMILES string of the molecule is COc1ncc(-c2noc(COC3CCN(C(=O)O)CC3)n2)cn1. The average molecular weight is 335 g/mol. The highest BCUT2D eigenvalue weighted by atomic mass is 16.5. The highest BCUT2D eigenvalue weighted by Gasteiger charge is 2.23. The molecule has 1 N–H and O–H groups in total. The fraction of sp³-hybridized carbons (Fsp3) is 0.500. The van der Waals surface area contributed by atoms with Gasteiger partial charge in [-0.15, -0.1) is 0 Å². The minimum absolute atomic E-state index is 0.0136. The summed E-state index contributed by atoms with van der Waals surface area (Å²) in [7, 11) is 1.49. The van der Waals surface area contributed by atoms with Gasteiger partial charge in [-0.2, -0.15) is 4.98 Å². The van der Waals surface area contributed by atoms with Gasteiger partial charge in [0.2, 0.25) is 5.82 Å². The number of methoxy groups -OCH3 is 1. The number of likely N-dealkylation sites (tertiary alicyclic amines) is 1. The Bertz CT molecular complexity index is 681. The highest BCUT2D eigenvalue weighted by molar-refractivity contribution is 5.65. The largest absolute Gasteiger partial charge is 0.467 e. The van der Waals surface area contributed by atoms with E-state index in [1.54, 1.807) is 12.4 Å². The molecule has 1 aliphatic rings. The first-order chi connectivity index (χ1) is 11.7. The molecular formula is C14H17N5O5. The molecule has 128 valence electrons. The van der Waals surface area contributed by atoms with Crippen molar-refractivity contribution in [2.45, 2.75) is 25.6 Å². The van der Waals surface area contributed by atoms with Crippen molar-refractivity contribution in [3.8, 4) is 17.4 Å². The van der Waals surface area contributed by atoms with E-state index in [1.165, 1.54) is 12.0 Å². The molecule has 0 radical (unpaired) electrons. The van der Waals surface area contributed by atoms with Crippen molar-refractivity contribution in [2.24, 2.45) is 0 Å². The summed E-state index contributed by atoms with van der Waals surface area (Å²) in [5, 5.41) is 12.8. The third-order valence-corrected chi connectivity index (χ3v) is 3.69. The van der Waals surface area contributed by atoms with Gasteiger partial charge in [-0.3, -0.25) is 0 Å². The van der Waals surface area contributed by atoms with E-state index < -0.39 is 6.09 Å². The molecule has 2 aromatic rings. The summed E-state index contributed by atoms with van der Waals surface area (Å²) in [4.78, 5) is 24.4. The zero-order chi connectivity index (χ0) is 16.9. The van der Waals surface area contributed by atoms with E-state index in [-0.39, 0.29) is 18.7 Å². The maximum Gasteiger partial charge on any atom is 0.407 e. The van der Waals surface area contributed by atoms with E-state index in [2.05, 4.69) is 20.1 Å². The van der Waals surface area contributed by atoms with E-state index in [1.807, 2.05) is 0 Å². The number of piperidine rings is 1. The van der Waals surface area contributed by atoms with Crippen LogP contribution >= 0.6 is 0 Å².